The van der Waals surface area contributed by atoms with Crippen LogP contribution in [0.15, 0.2) is 0 Å². The Balaban J connectivity index is 2.07. The molecule has 2 rings (SSSR count). The molecule has 0 aliphatic carbocycles. The van der Waals surface area contributed by atoms with Gasteiger partial charge < -0.3 is 15.7 Å². The van der Waals surface area contributed by atoms with Crippen molar-refractivity contribution in [3.8, 4) is 0 Å². The van der Waals surface area contributed by atoms with E-state index in [1.165, 1.54) is 11.3 Å². The minimum atomic E-state index is -0.808. The van der Waals surface area contributed by atoms with Gasteiger partial charge in [0.05, 0.1) is 5.69 Å². The number of rotatable bonds is 3. The molecule has 1 amide bonds. The molecule has 0 bridgehead atoms. The van der Waals surface area contributed by atoms with Crippen LogP contribution < -0.4 is 5.73 Å². The highest BCUT2D eigenvalue weighted by Gasteiger charge is 2.27. The number of nitrogens with zero attached hydrogens (tertiary/aromatic N) is 2. The fraction of sp³-hybridized carbons (Fsp3) is 0.583. The van der Waals surface area contributed by atoms with Gasteiger partial charge in [-0.05, 0) is 25.7 Å². The highest BCUT2D eigenvalue weighted by atomic mass is 32.1. The molecule has 1 aliphatic rings. The van der Waals surface area contributed by atoms with Crippen molar-refractivity contribution in [2.24, 2.45) is 5.92 Å². The highest BCUT2D eigenvalue weighted by molar-refractivity contribution is 7.17. The number of carbonyl (C=O) groups excluding carboxylic acids is 1. The molecule has 19 heavy (non-hydrogen) atoms. The van der Waals surface area contributed by atoms with E-state index in [4.69, 9.17) is 10.8 Å². The lowest BCUT2D eigenvalue weighted by Gasteiger charge is -2.31. The summed E-state index contributed by atoms with van der Waals surface area (Å²) in [6, 6.07) is 0. The fourth-order valence-electron chi connectivity index (χ4n) is 2.42. The molecule has 1 unspecified atom stereocenters. The summed E-state index contributed by atoms with van der Waals surface area (Å²) in [4.78, 5) is 29.4. The van der Waals surface area contributed by atoms with Crippen molar-refractivity contribution in [3.05, 3.63) is 10.6 Å². The lowest BCUT2D eigenvalue weighted by molar-refractivity contribution is -0.138. The molecule has 2 heterocycles. The number of hydrogen-bond donors (Lipinski definition) is 2. The summed E-state index contributed by atoms with van der Waals surface area (Å²) in [5, 5.41) is 9.22. The SMILES string of the molecule is Cc1nc(N)sc1C(=O)N1CCCC(CC(=O)O)C1. The highest BCUT2D eigenvalue weighted by Crippen LogP contribution is 2.25. The van der Waals surface area contributed by atoms with Crippen molar-refractivity contribution >= 4 is 28.3 Å². The maximum atomic E-state index is 12.4. The number of carboxylic acid groups (broad SMARTS) is 1. The first-order chi connectivity index (χ1) is 8.97. The number of thiazole rings is 1. The van der Waals surface area contributed by atoms with Gasteiger partial charge in [0.25, 0.3) is 5.91 Å². The number of amides is 1. The number of aryl methyl sites for hydroxylation is 1. The lowest BCUT2D eigenvalue weighted by atomic mass is 9.95. The van der Waals surface area contributed by atoms with Crippen molar-refractivity contribution in [1.29, 1.82) is 0 Å². The molecule has 3 N–H and O–H groups in total. The molecule has 0 radical (unpaired) electrons. The summed E-state index contributed by atoms with van der Waals surface area (Å²) in [5.41, 5.74) is 6.25. The zero-order chi connectivity index (χ0) is 14.0. The van der Waals surface area contributed by atoms with Crippen LogP contribution in [-0.4, -0.2) is 40.0 Å². The Labute approximate surface area is 115 Å². The first-order valence-electron chi connectivity index (χ1n) is 6.21. The largest absolute Gasteiger partial charge is 0.481 e. The standard InChI is InChI=1S/C12H17N3O3S/c1-7-10(19-12(13)14-7)11(18)15-4-2-3-8(6-15)5-9(16)17/h8H,2-6H2,1H3,(H2,13,14)(H,16,17). The molecular weight excluding hydrogens is 266 g/mol. The van der Waals surface area contributed by atoms with Crippen LogP contribution in [-0.2, 0) is 4.79 Å². The van der Waals surface area contributed by atoms with E-state index < -0.39 is 5.97 Å². The molecule has 1 fully saturated rings. The first-order valence-corrected chi connectivity index (χ1v) is 7.03. The molecule has 7 heteroatoms. The van der Waals surface area contributed by atoms with Crippen molar-refractivity contribution in [2.45, 2.75) is 26.2 Å². The Morgan fingerprint density at radius 3 is 2.89 bits per heavy atom. The number of aliphatic carboxylic acids is 1. The molecule has 0 aromatic carbocycles. The predicted molar refractivity (Wildman–Crippen MR) is 72.1 cm³/mol. The van der Waals surface area contributed by atoms with E-state index in [0.717, 1.165) is 12.8 Å². The molecule has 1 atom stereocenters. The van der Waals surface area contributed by atoms with Crippen LogP contribution in [0.3, 0.4) is 0 Å². The smallest absolute Gasteiger partial charge is 0.303 e. The van der Waals surface area contributed by atoms with Gasteiger partial charge in [-0.25, -0.2) is 4.98 Å². The summed E-state index contributed by atoms with van der Waals surface area (Å²) in [7, 11) is 0. The molecule has 1 saturated heterocycles. The number of nitrogens with two attached hydrogens (primary N) is 1. The second-order valence-corrected chi connectivity index (χ2v) is 5.85. The molecule has 0 spiro atoms. The van der Waals surface area contributed by atoms with E-state index in [0.29, 0.717) is 28.8 Å². The van der Waals surface area contributed by atoms with Crippen LogP contribution in [0.5, 0.6) is 0 Å². The van der Waals surface area contributed by atoms with Crippen LogP contribution in [0.4, 0.5) is 5.13 Å². The van der Waals surface area contributed by atoms with Crippen molar-refractivity contribution < 1.29 is 14.7 Å². The van der Waals surface area contributed by atoms with Gasteiger partial charge in [-0.15, -0.1) is 0 Å². The number of hydrogen-bond acceptors (Lipinski definition) is 5. The Kier molecular flexibility index (Phi) is 4.04. The monoisotopic (exact) mass is 283 g/mol. The van der Waals surface area contributed by atoms with Crippen molar-refractivity contribution in [1.82, 2.24) is 9.88 Å². The summed E-state index contributed by atoms with van der Waals surface area (Å²) in [6.45, 7) is 2.94. The lowest BCUT2D eigenvalue weighted by Crippen LogP contribution is -2.40. The van der Waals surface area contributed by atoms with Gasteiger partial charge >= 0.3 is 5.97 Å². The first kappa shape index (κ1) is 13.8. The van der Waals surface area contributed by atoms with Crippen molar-refractivity contribution in [3.63, 3.8) is 0 Å². The third kappa shape index (κ3) is 3.23. The number of anilines is 1. The average molecular weight is 283 g/mol. The molecular formula is C12H17N3O3S. The van der Waals surface area contributed by atoms with Gasteiger partial charge in [0.2, 0.25) is 0 Å². The van der Waals surface area contributed by atoms with E-state index in [1.807, 2.05) is 0 Å². The molecule has 6 nitrogen and oxygen atoms in total. The fourth-order valence-corrected chi connectivity index (χ4v) is 3.22. The van der Waals surface area contributed by atoms with Gasteiger partial charge in [-0.1, -0.05) is 11.3 Å². The number of nitrogen functional groups attached to an aromatic ring is 1. The maximum absolute atomic E-state index is 12.4. The van der Waals surface area contributed by atoms with Crippen LogP contribution >= 0.6 is 11.3 Å². The van der Waals surface area contributed by atoms with Gasteiger partial charge in [0.1, 0.15) is 4.88 Å². The number of likely N-dealkylation sites (tertiary alicyclic amines) is 1. The summed E-state index contributed by atoms with van der Waals surface area (Å²) < 4.78 is 0. The molecule has 0 saturated carbocycles. The molecule has 104 valence electrons. The Morgan fingerprint density at radius 1 is 1.58 bits per heavy atom. The number of carboxylic acids is 1. The van der Waals surface area contributed by atoms with Crippen LogP contribution in [0.1, 0.15) is 34.6 Å². The van der Waals surface area contributed by atoms with Gasteiger partial charge in [-0.3, -0.25) is 9.59 Å². The average Bonchev–Trinajstić information content (AvgIpc) is 2.67. The van der Waals surface area contributed by atoms with E-state index >= 15 is 0 Å². The van der Waals surface area contributed by atoms with Gasteiger partial charge in [-0.2, -0.15) is 0 Å². The van der Waals surface area contributed by atoms with Crippen LogP contribution in [0, 0.1) is 12.8 Å². The third-order valence-corrected chi connectivity index (χ3v) is 4.25. The topological polar surface area (TPSA) is 96.5 Å². The number of aromatic nitrogens is 1. The number of carbonyl (C=O) groups is 2. The zero-order valence-electron chi connectivity index (χ0n) is 10.8. The third-order valence-electron chi connectivity index (χ3n) is 3.28. The zero-order valence-corrected chi connectivity index (χ0v) is 11.6. The van der Waals surface area contributed by atoms with E-state index in [-0.39, 0.29) is 18.2 Å². The molecule has 1 aromatic heterocycles. The van der Waals surface area contributed by atoms with Crippen LogP contribution in [0.2, 0.25) is 0 Å². The second-order valence-electron chi connectivity index (χ2n) is 4.82. The predicted octanol–water partition coefficient (Wildman–Crippen LogP) is 1.36. The van der Waals surface area contributed by atoms with E-state index in [1.54, 1.807) is 11.8 Å². The van der Waals surface area contributed by atoms with Crippen LogP contribution in [0.25, 0.3) is 0 Å². The summed E-state index contributed by atoms with van der Waals surface area (Å²) in [5.74, 6) is -0.847. The quantitative estimate of drug-likeness (QED) is 0.873. The summed E-state index contributed by atoms with van der Waals surface area (Å²) in [6.07, 6.45) is 1.82. The number of piperidine rings is 1. The normalized spacial score (nSPS) is 19.4. The minimum Gasteiger partial charge on any atom is -0.481 e. The second kappa shape index (κ2) is 5.56. The molecule has 1 aromatic rings. The van der Waals surface area contributed by atoms with E-state index in [9.17, 15) is 9.59 Å². The minimum absolute atomic E-state index is 0.0424. The Hall–Kier alpha value is -1.63. The molecule has 1 aliphatic heterocycles. The Morgan fingerprint density at radius 2 is 2.32 bits per heavy atom. The Bertz CT molecular complexity index is 500. The van der Waals surface area contributed by atoms with E-state index in [2.05, 4.69) is 4.98 Å². The summed E-state index contributed by atoms with van der Waals surface area (Å²) >= 11 is 1.19. The maximum Gasteiger partial charge on any atom is 0.303 e. The van der Waals surface area contributed by atoms with Crippen molar-refractivity contribution in [2.75, 3.05) is 18.8 Å². The van der Waals surface area contributed by atoms with Gasteiger partial charge in [0.15, 0.2) is 5.13 Å². The van der Waals surface area contributed by atoms with Gasteiger partial charge in [0, 0.05) is 19.5 Å².